The number of hydrogen-bond donors (Lipinski definition) is 1. The fourth-order valence-electron chi connectivity index (χ4n) is 2.97. The third-order valence-electron chi connectivity index (χ3n) is 3.60. The van der Waals surface area contributed by atoms with Gasteiger partial charge in [-0.3, -0.25) is 9.69 Å². The highest BCUT2D eigenvalue weighted by Crippen LogP contribution is 2.43. The number of carbonyl (C=O) groups excluding carboxylic acids is 2. The van der Waals surface area contributed by atoms with E-state index < -0.39 is 0 Å². The molecule has 1 aliphatic heterocycles. The number of urea groups is 1. The predicted molar refractivity (Wildman–Crippen MR) is 60.8 cm³/mol. The van der Waals surface area contributed by atoms with Crippen LogP contribution in [0.5, 0.6) is 0 Å². The number of rotatable bonds is 0. The van der Waals surface area contributed by atoms with Gasteiger partial charge in [-0.2, -0.15) is 0 Å². The minimum absolute atomic E-state index is 0.0888. The van der Waals surface area contributed by atoms with Crippen molar-refractivity contribution in [2.75, 3.05) is 7.05 Å². The molecule has 2 aliphatic rings. The van der Waals surface area contributed by atoms with Crippen LogP contribution >= 0.6 is 0 Å². The third-order valence-corrected chi connectivity index (χ3v) is 3.60. The van der Waals surface area contributed by atoms with Crippen LogP contribution in [0.3, 0.4) is 0 Å². The van der Waals surface area contributed by atoms with Gasteiger partial charge in [0, 0.05) is 24.6 Å². The van der Waals surface area contributed by atoms with E-state index in [1.165, 1.54) is 4.90 Å². The Morgan fingerprint density at radius 3 is 2.62 bits per heavy atom. The van der Waals surface area contributed by atoms with Crippen molar-refractivity contribution in [3.63, 3.8) is 0 Å². The molecule has 0 aromatic heterocycles. The van der Waals surface area contributed by atoms with E-state index in [4.69, 9.17) is 0 Å². The third kappa shape index (κ3) is 1.44. The molecule has 4 heteroatoms. The summed E-state index contributed by atoms with van der Waals surface area (Å²) in [5.74, 6) is 0.184. The maximum Gasteiger partial charge on any atom is 0.324 e. The van der Waals surface area contributed by atoms with Gasteiger partial charge in [0.05, 0.1) is 0 Å². The first-order chi connectivity index (χ1) is 7.57. The van der Waals surface area contributed by atoms with E-state index >= 15 is 0 Å². The summed E-state index contributed by atoms with van der Waals surface area (Å²) in [5.41, 5.74) is 1.92. The highest BCUT2D eigenvalue weighted by Gasteiger charge is 2.49. The van der Waals surface area contributed by atoms with Crippen LogP contribution in [0.2, 0.25) is 0 Å². The van der Waals surface area contributed by atoms with Crippen molar-refractivity contribution in [1.29, 1.82) is 0 Å². The molecular formula is C12H18N2O2. The molecule has 2 atom stereocenters. The molecule has 1 N–H and O–H groups in total. The average molecular weight is 222 g/mol. The quantitative estimate of drug-likeness (QED) is 0.634. The number of fused-ring (bicyclic) bond motifs is 1. The Balaban J connectivity index is 2.39. The van der Waals surface area contributed by atoms with Crippen LogP contribution in [0.15, 0.2) is 11.1 Å². The highest BCUT2D eigenvalue weighted by molar-refractivity contribution is 6.07. The number of nitrogens with one attached hydrogen (secondary N) is 1. The van der Waals surface area contributed by atoms with Gasteiger partial charge in [0.15, 0.2) is 0 Å². The van der Waals surface area contributed by atoms with Gasteiger partial charge in [0.25, 0.3) is 5.91 Å². The minimum Gasteiger partial charge on any atom is -0.341 e. The van der Waals surface area contributed by atoms with Gasteiger partial charge < -0.3 is 5.32 Å². The molecule has 2 rings (SSSR count). The maximum absolute atomic E-state index is 12.2. The number of nitrogens with zero attached hydrogens (tertiary/aromatic N) is 1. The zero-order chi connectivity index (χ0) is 11.9. The number of allylic oxidation sites excluding steroid dienone is 1. The molecular weight excluding hydrogens is 204 g/mol. The SMILES string of the molecule is CNC(=O)N1C(=O)C(=C(C)C)C2CCCC21. The lowest BCUT2D eigenvalue weighted by Gasteiger charge is -2.20. The molecule has 1 saturated heterocycles. The topological polar surface area (TPSA) is 49.4 Å². The van der Waals surface area contributed by atoms with E-state index in [1.54, 1.807) is 7.05 Å². The standard InChI is InChI=1S/C12H18N2O2/c1-7(2)10-8-5-4-6-9(8)14(11(10)15)12(16)13-3/h8-9H,4-6H2,1-3H3,(H,13,16). The average Bonchev–Trinajstić information content (AvgIpc) is 2.75. The van der Waals surface area contributed by atoms with Crippen LogP contribution < -0.4 is 5.32 Å². The van der Waals surface area contributed by atoms with Crippen LogP contribution in [0, 0.1) is 5.92 Å². The fourth-order valence-corrected chi connectivity index (χ4v) is 2.97. The molecule has 2 unspecified atom stereocenters. The molecule has 0 bridgehead atoms. The zero-order valence-corrected chi connectivity index (χ0v) is 10.0. The summed E-state index contributed by atoms with van der Waals surface area (Å²) in [7, 11) is 1.57. The number of likely N-dealkylation sites (tertiary alicyclic amines) is 1. The first-order valence-corrected chi connectivity index (χ1v) is 5.80. The Morgan fingerprint density at radius 1 is 1.38 bits per heavy atom. The first-order valence-electron chi connectivity index (χ1n) is 5.80. The van der Waals surface area contributed by atoms with Crippen LogP contribution in [-0.4, -0.2) is 29.9 Å². The lowest BCUT2D eigenvalue weighted by Crippen LogP contribution is -2.44. The predicted octanol–water partition coefficient (Wildman–Crippen LogP) is 1.67. The van der Waals surface area contributed by atoms with Gasteiger partial charge in [-0.1, -0.05) is 12.0 Å². The van der Waals surface area contributed by atoms with E-state index in [1.807, 2.05) is 13.8 Å². The summed E-state index contributed by atoms with van der Waals surface area (Å²) in [6.07, 6.45) is 3.08. The minimum atomic E-state index is -0.266. The second kappa shape index (κ2) is 3.92. The van der Waals surface area contributed by atoms with Gasteiger partial charge in [-0.25, -0.2) is 4.79 Å². The molecule has 0 aromatic carbocycles. The Kier molecular flexibility index (Phi) is 2.74. The summed E-state index contributed by atoms with van der Waals surface area (Å²) in [6.45, 7) is 3.91. The van der Waals surface area contributed by atoms with Crippen molar-refractivity contribution in [2.24, 2.45) is 5.92 Å². The van der Waals surface area contributed by atoms with Crippen LogP contribution in [0.1, 0.15) is 33.1 Å². The Morgan fingerprint density at radius 2 is 2.06 bits per heavy atom. The molecule has 1 saturated carbocycles. The van der Waals surface area contributed by atoms with Crippen molar-refractivity contribution < 1.29 is 9.59 Å². The van der Waals surface area contributed by atoms with Crippen molar-refractivity contribution in [1.82, 2.24) is 10.2 Å². The number of imide groups is 1. The maximum atomic E-state index is 12.2. The van der Waals surface area contributed by atoms with Gasteiger partial charge >= 0.3 is 6.03 Å². The molecule has 88 valence electrons. The summed E-state index contributed by atoms with van der Waals surface area (Å²) < 4.78 is 0. The number of amides is 3. The molecule has 4 nitrogen and oxygen atoms in total. The molecule has 0 spiro atoms. The Bertz CT molecular complexity index is 369. The number of hydrogen-bond acceptors (Lipinski definition) is 2. The molecule has 0 radical (unpaired) electrons. The second-order valence-electron chi connectivity index (χ2n) is 4.75. The smallest absolute Gasteiger partial charge is 0.324 e. The summed E-state index contributed by atoms with van der Waals surface area (Å²) in [4.78, 5) is 25.3. The largest absolute Gasteiger partial charge is 0.341 e. The lowest BCUT2D eigenvalue weighted by molar-refractivity contribution is -0.123. The van der Waals surface area contributed by atoms with E-state index in [0.29, 0.717) is 0 Å². The summed E-state index contributed by atoms with van der Waals surface area (Å²) >= 11 is 0. The van der Waals surface area contributed by atoms with Crippen LogP contribution in [0.4, 0.5) is 4.79 Å². The van der Waals surface area contributed by atoms with E-state index in [9.17, 15) is 9.59 Å². The molecule has 0 aromatic rings. The zero-order valence-electron chi connectivity index (χ0n) is 10.0. The van der Waals surface area contributed by atoms with Crippen LogP contribution in [-0.2, 0) is 4.79 Å². The number of carbonyl (C=O) groups is 2. The van der Waals surface area contributed by atoms with E-state index in [2.05, 4.69) is 5.32 Å². The van der Waals surface area contributed by atoms with Crippen LogP contribution in [0.25, 0.3) is 0 Å². The van der Waals surface area contributed by atoms with Gasteiger partial charge in [0.2, 0.25) is 0 Å². The Hall–Kier alpha value is -1.32. The van der Waals surface area contributed by atoms with E-state index in [-0.39, 0.29) is 23.9 Å². The van der Waals surface area contributed by atoms with E-state index in [0.717, 1.165) is 30.4 Å². The van der Waals surface area contributed by atoms with Gasteiger partial charge in [-0.05, 0) is 26.7 Å². The normalized spacial score (nSPS) is 28.3. The molecule has 1 aliphatic carbocycles. The van der Waals surface area contributed by atoms with Gasteiger partial charge in [-0.15, -0.1) is 0 Å². The molecule has 16 heavy (non-hydrogen) atoms. The van der Waals surface area contributed by atoms with Crippen molar-refractivity contribution in [2.45, 2.75) is 39.2 Å². The first kappa shape index (κ1) is 11.2. The summed E-state index contributed by atoms with van der Waals surface area (Å²) in [5, 5.41) is 2.55. The molecule has 1 heterocycles. The van der Waals surface area contributed by atoms with Crippen molar-refractivity contribution in [3.8, 4) is 0 Å². The Labute approximate surface area is 95.7 Å². The second-order valence-corrected chi connectivity index (χ2v) is 4.75. The monoisotopic (exact) mass is 222 g/mol. The fraction of sp³-hybridized carbons (Fsp3) is 0.667. The van der Waals surface area contributed by atoms with Crippen molar-refractivity contribution >= 4 is 11.9 Å². The highest BCUT2D eigenvalue weighted by atomic mass is 16.2. The lowest BCUT2D eigenvalue weighted by atomic mass is 9.95. The van der Waals surface area contributed by atoms with Crippen molar-refractivity contribution in [3.05, 3.63) is 11.1 Å². The molecule has 2 fully saturated rings. The van der Waals surface area contributed by atoms with Gasteiger partial charge in [0.1, 0.15) is 0 Å². The summed E-state index contributed by atoms with van der Waals surface area (Å²) in [6, 6.07) is -0.171. The molecule has 3 amide bonds.